The van der Waals surface area contributed by atoms with Gasteiger partial charge < -0.3 is 9.67 Å². The smallest absolute Gasteiger partial charge is 0.108 e. The molecule has 0 amide bonds. The minimum Gasteiger partial charge on any atom is -0.393 e. The van der Waals surface area contributed by atoms with Gasteiger partial charge in [-0.2, -0.15) is 11.8 Å². The van der Waals surface area contributed by atoms with Gasteiger partial charge in [-0.15, -0.1) is 0 Å². The van der Waals surface area contributed by atoms with Gasteiger partial charge in [0.05, 0.1) is 6.10 Å². The van der Waals surface area contributed by atoms with Gasteiger partial charge in [0.15, 0.2) is 0 Å². The zero-order chi connectivity index (χ0) is 12.1. The largest absolute Gasteiger partial charge is 0.393 e. The van der Waals surface area contributed by atoms with Crippen LogP contribution in [0.4, 0.5) is 0 Å². The van der Waals surface area contributed by atoms with Crippen molar-refractivity contribution in [2.45, 2.75) is 38.2 Å². The fourth-order valence-electron chi connectivity index (χ4n) is 2.42. The van der Waals surface area contributed by atoms with Gasteiger partial charge in [0.2, 0.25) is 0 Å². The normalized spacial score (nSPS) is 19.4. The first-order valence-electron chi connectivity index (χ1n) is 6.47. The van der Waals surface area contributed by atoms with E-state index in [0.29, 0.717) is 0 Å². The molecule has 1 aromatic rings. The van der Waals surface area contributed by atoms with Crippen LogP contribution in [-0.4, -0.2) is 32.3 Å². The predicted octanol–water partition coefficient (Wildman–Crippen LogP) is 2.25. The SMILES string of the molecule is Cn1ccnc1CCC(O)CC1CCSCC1. The van der Waals surface area contributed by atoms with E-state index in [1.54, 1.807) is 0 Å². The number of imidazole rings is 1. The van der Waals surface area contributed by atoms with Crippen LogP contribution >= 0.6 is 11.8 Å². The van der Waals surface area contributed by atoms with Crippen LogP contribution in [0.3, 0.4) is 0 Å². The second-order valence-electron chi connectivity index (χ2n) is 4.94. The van der Waals surface area contributed by atoms with E-state index in [9.17, 15) is 5.11 Å². The van der Waals surface area contributed by atoms with Crippen molar-refractivity contribution < 1.29 is 5.11 Å². The van der Waals surface area contributed by atoms with Crippen molar-refractivity contribution in [3.63, 3.8) is 0 Å². The average Bonchev–Trinajstić information content (AvgIpc) is 2.74. The molecule has 3 nitrogen and oxygen atoms in total. The molecule has 0 aromatic carbocycles. The second-order valence-corrected chi connectivity index (χ2v) is 6.16. The Bertz CT molecular complexity index is 334. The number of thioether (sulfide) groups is 1. The lowest BCUT2D eigenvalue weighted by Gasteiger charge is -2.23. The third-order valence-electron chi connectivity index (χ3n) is 3.57. The first-order chi connectivity index (χ1) is 8.25. The quantitative estimate of drug-likeness (QED) is 0.876. The van der Waals surface area contributed by atoms with Crippen LogP contribution in [0.1, 0.15) is 31.5 Å². The molecule has 2 rings (SSSR count). The van der Waals surface area contributed by atoms with Crippen molar-refractivity contribution in [1.82, 2.24) is 9.55 Å². The Morgan fingerprint density at radius 1 is 1.53 bits per heavy atom. The van der Waals surface area contributed by atoms with Crippen molar-refractivity contribution in [3.05, 3.63) is 18.2 Å². The molecule has 1 saturated heterocycles. The molecule has 0 spiro atoms. The summed E-state index contributed by atoms with van der Waals surface area (Å²) in [6.45, 7) is 0. The number of hydrogen-bond donors (Lipinski definition) is 1. The van der Waals surface area contributed by atoms with E-state index < -0.39 is 0 Å². The molecule has 1 unspecified atom stereocenters. The van der Waals surface area contributed by atoms with Gasteiger partial charge in [-0.3, -0.25) is 0 Å². The molecule has 96 valence electrons. The highest BCUT2D eigenvalue weighted by Gasteiger charge is 2.17. The third kappa shape index (κ3) is 4.03. The number of hydrogen-bond acceptors (Lipinski definition) is 3. The summed E-state index contributed by atoms with van der Waals surface area (Å²) in [5.41, 5.74) is 0. The molecule has 1 aromatic heterocycles. The first kappa shape index (κ1) is 13.0. The zero-order valence-corrected chi connectivity index (χ0v) is 11.3. The molecule has 1 aliphatic heterocycles. The van der Waals surface area contributed by atoms with Gasteiger partial charge in [0.1, 0.15) is 5.82 Å². The molecule has 2 heterocycles. The predicted molar refractivity (Wildman–Crippen MR) is 72.2 cm³/mol. The van der Waals surface area contributed by atoms with Crippen LogP contribution in [0, 0.1) is 5.92 Å². The second kappa shape index (κ2) is 6.45. The topological polar surface area (TPSA) is 38.0 Å². The van der Waals surface area contributed by atoms with E-state index in [4.69, 9.17) is 0 Å². The van der Waals surface area contributed by atoms with Gasteiger partial charge in [-0.25, -0.2) is 4.98 Å². The van der Waals surface area contributed by atoms with Gasteiger partial charge >= 0.3 is 0 Å². The molecule has 0 radical (unpaired) electrons. The summed E-state index contributed by atoms with van der Waals surface area (Å²) in [7, 11) is 2.01. The molecule has 0 aliphatic carbocycles. The van der Waals surface area contributed by atoms with Crippen molar-refractivity contribution in [2.75, 3.05) is 11.5 Å². The van der Waals surface area contributed by atoms with Gasteiger partial charge in [0, 0.05) is 25.9 Å². The summed E-state index contributed by atoms with van der Waals surface area (Å²) in [4.78, 5) is 4.28. The van der Waals surface area contributed by atoms with Crippen LogP contribution in [-0.2, 0) is 13.5 Å². The summed E-state index contributed by atoms with van der Waals surface area (Å²) in [5.74, 6) is 4.36. The fourth-order valence-corrected chi connectivity index (χ4v) is 3.62. The van der Waals surface area contributed by atoms with Crippen LogP contribution in [0.2, 0.25) is 0 Å². The Hall–Kier alpha value is -0.480. The molecular weight excluding hydrogens is 232 g/mol. The Kier molecular flexibility index (Phi) is 4.92. The first-order valence-corrected chi connectivity index (χ1v) is 7.63. The van der Waals surface area contributed by atoms with E-state index in [0.717, 1.165) is 31.0 Å². The Morgan fingerprint density at radius 2 is 2.29 bits per heavy atom. The zero-order valence-electron chi connectivity index (χ0n) is 10.5. The lowest BCUT2D eigenvalue weighted by Crippen LogP contribution is -2.18. The lowest BCUT2D eigenvalue weighted by molar-refractivity contribution is 0.130. The lowest BCUT2D eigenvalue weighted by atomic mass is 9.94. The Labute approximate surface area is 108 Å². The van der Waals surface area contributed by atoms with Crippen LogP contribution in [0.15, 0.2) is 12.4 Å². The van der Waals surface area contributed by atoms with Gasteiger partial charge in [-0.1, -0.05) is 0 Å². The number of nitrogens with zero attached hydrogens (tertiary/aromatic N) is 2. The number of rotatable bonds is 5. The Morgan fingerprint density at radius 3 is 2.94 bits per heavy atom. The number of aliphatic hydroxyl groups excluding tert-OH is 1. The van der Waals surface area contributed by atoms with Gasteiger partial charge in [-0.05, 0) is 43.1 Å². The molecule has 1 aliphatic rings. The minimum absolute atomic E-state index is 0.153. The van der Waals surface area contributed by atoms with E-state index in [2.05, 4.69) is 4.98 Å². The van der Waals surface area contributed by atoms with Crippen molar-refractivity contribution in [3.8, 4) is 0 Å². The maximum absolute atomic E-state index is 10.0. The van der Waals surface area contributed by atoms with E-state index in [1.165, 1.54) is 24.3 Å². The molecule has 4 heteroatoms. The highest BCUT2D eigenvalue weighted by molar-refractivity contribution is 7.99. The summed E-state index contributed by atoms with van der Waals surface area (Å²) in [5, 5.41) is 10.0. The van der Waals surface area contributed by atoms with Crippen molar-refractivity contribution in [1.29, 1.82) is 0 Å². The highest BCUT2D eigenvalue weighted by atomic mass is 32.2. The molecule has 0 bridgehead atoms. The number of aryl methyl sites for hydroxylation is 2. The minimum atomic E-state index is -0.153. The molecule has 1 fully saturated rings. The van der Waals surface area contributed by atoms with Crippen molar-refractivity contribution in [2.24, 2.45) is 13.0 Å². The summed E-state index contributed by atoms with van der Waals surface area (Å²) in [6.07, 6.45) is 8.89. The highest BCUT2D eigenvalue weighted by Crippen LogP contribution is 2.27. The monoisotopic (exact) mass is 254 g/mol. The molecule has 1 atom stereocenters. The summed E-state index contributed by atoms with van der Waals surface area (Å²) >= 11 is 2.04. The maximum Gasteiger partial charge on any atom is 0.108 e. The van der Waals surface area contributed by atoms with Crippen LogP contribution in [0.25, 0.3) is 0 Å². The van der Waals surface area contributed by atoms with E-state index in [-0.39, 0.29) is 6.10 Å². The number of aromatic nitrogens is 2. The Balaban J connectivity index is 1.70. The molecule has 17 heavy (non-hydrogen) atoms. The van der Waals surface area contributed by atoms with Crippen LogP contribution < -0.4 is 0 Å². The maximum atomic E-state index is 10.0. The summed E-state index contributed by atoms with van der Waals surface area (Å²) < 4.78 is 2.03. The summed E-state index contributed by atoms with van der Waals surface area (Å²) in [6, 6.07) is 0. The fraction of sp³-hybridized carbons (Fsp3) is 0.769. The average molecular weight is 254 g/mol. The number of aliphatic hydroxyl groups is 1. The standard InChI is InChI=1S/C13H22N2OS/c1-15-7-6-14-13(15)3-2-12(16)10-11-4-8-17-9-5-11/h6-7,11-12,16H,2-5,8-10H2,1H3. The third-order valence-corrected chi connectivity index (χ3v) is 4.62. The molecular formula is C13H22N2OS. The van der Waals surface area contributed by atoms with Crippen molar-refractivity contribution >= 4 is 11.8 Å². The molecule has 1 N–H and O–H groups in total. The van der Waals surface area contributed by atoms with Gasteiger partial charge in [0.25, 0.3) is 0 Å². The van der Waals surface area contributed by atoms with Crippen LogP contribution in [0.5, 0.6) is 0 Å². The van der Waals surface area contributed by atoms with E-state index in [1.807, 2.05) is 35.8 Å². The molecule has 0 saturated carbocycles. The van der Waals surface area contributed by atoms with E-state index >= 15 is 0 Å².